The molecule has 1 aliphatic heterocycles. The maximum Gasteiger partial charge on any atom is 0.425 e. The Labute approximate surface area is 848 Å². The second kappa shape index (κ2) is 51.3. The lowest BCUT2D eigenvalue weighted by Gasteiger charge is -2.44. The summed E-state index contributed by atoms with van der Waals surface area (Å²) in [5, 5.41) is 75.5. The van der Waals surface area contributed by atoms with Gasteiger partial charge in [-0.1, -0.05) is 60.7 Å². The van der Waals surface area contributed by atoms with Crippen molar-refractivity contribution < 1.29 is 102 Å². The van der Waals surface area contributed by atoms with Gasteiger partial charge in [0.25, 0.3) is 40.5 Å². The summed E-state index contributed by atoms with van der Waals surface area (Å²) in [6, 6.07) is 71.3. The molecule has 50 nitrogen and oxygen atoms in total. The molecular weight excluding hydrogens is 2090 g/mol. The third kappa shape index (κ3) is 35.1. The number of hydrogen-bond donors (Lipinski definition) is 6. The Balaban J connectivity index is 0.00000121. The van der Waals surface area contributed by atoms with Crippen LogP contribution in [-0.2, 0) is 95.7 Å². The van der Waals surface area contributed by atoms with Gasteiger partial charge in [-0.15, -0.1) is 60.7 Å². The number of anilines is 6. The highest BCUT2D eigenvalue weighted by Gasteiger charge is 2.34. The van der Waals surface area contributed by atoms with Crippen LogP contribution in [0.1, 0.15) is 58.9 Å². The quantitative estimate of drug-likeness (QED) is 0.0180. The summed E-state index contributed by atoms with van der Waals surface area (Å²) in [5.41, 5.74) is 11.5. The molecule has 760 valence electrons. The molecule has 148 heavy (non-hydrogen) atoms. The Morgan fingerprint density at radius 3 is 0.811 bits per heavy atom. The average Bonchev–Trinajstić information content (AvgIpc) is 0.779. The van der Waals surface area contributed by atoms with E-state index in [1.54, 1.807) is 140 Å². The van der Waals surface area contributed by atoms with Crippen molar-refractivity contribution in [2.24, 2.45) is 81.8 Å². The number of nitrogens with zero attached hydrogens (tertiary/aromatic N) is 24. The number of nitrogens with one attached hydrogen (secondary N) is 2. The van der Waals surface area contributed by atoms with E-state index in [-0.39, 0.29) is 69.4 Å². The van der Waals surface area contributed by atoms with Gasteiger partial charge in [-0.05, 0) is 281 Å². The molecule has 1 aliphatic rings. The lowest BCUT2D eigenvalue weighted by atomic mass is 10.1. The normalized spacial score (nSPS) is 13.4. The fourth-order valence-electron chi connectivity index (χ4n) is 13.4. The Kier molecular flexibility index (Phi) is 38.5. The van der Waals surface area contributed by atoms with E-state index in [0.717, 1.165) is 34.4 Å². The number of aryl methyl sites for hydroxylation is 4. The molecule has 1 saturated heterocycles. The number of aromatic nitrogens is 6. The fraction of sp³-hybridized carbons (Fsp3) is 0.133. The number of rotatable bonds is 30. The minimum atomic E-state index is -4.81. The third-order valence-corrected chi connectivity index (χ3v) is 23.6. The van der Waals surface area contributed by atoms with E-state index < -0.39 is 92.7 Å². The van der Waals surface area contributed by atoms with E-state index in [1.165, 1.54) is 72.8 Å². The lowest BCUT2D eigenvalue weighted by molar-refractivity contribution is 0.465. The van der Waals surface area contributed by atoms with E-state index in [2.05, 4.69) is 102 Å². The first-order valence-electron chi connectivity index (χ1n) is 42.3. The van der Waals surface area contributed by atoms with Gasteiger partial charge in [0.2, 0.25) is 23.8 Å². The van der Waals surface area contributed by atoms with Gasteiger partial charge >= 0.3 is 42.4 Å². The minimum absolute atomic E-state index is 0.125. The molecule has 1 fully saturated rings. The molecule has 2 atom stereocenters. The highest BCUT2D eigenvalue weighted by Crippen LogP contribution is 2.39. The first-order chi connectivity index (χ1) is 70.2. The zero-order chi connectivity index (χ0) is 107. The zero-order valence-corrected chi connectivity index (χ0v) is 83.9. The van der Waals surface area contributed by atoms with Gasteiger partial charge in [0.15, 0.2) is 0 Å². The molecule has 0 saturated carbocycles. The summed E-state index contributed by atoms with van der Waals surface area (Å²) >= 11 is 0. The van der Waals surface area contributed by atoms with E-state index in [4.69, 9.17) is 80.4 Å². The Bertz CT molecular complexity index is 7980. The molecule has 2 unspecified atom stereocenters. The molecule has 12 aromatic carbocycles. The molecule has 58 heteroatoms. The molecule has 15 rings (SSSR count). The molecule has 0 radical (unpaired) electrons. The Hall–Kier alpha value is -17.2. The van der Waals surface area contributed by atoms with Crippen LogP contribution in [0.25, 0.3) is 0 Å². The van der Waals surface area contributed by atoms with Crippen LogP contribution >= 0.6 is 0 Å². The van der Waals surface area contributed by atoms with Crippen molar-refractivity contribution in [2.45, 2.75) is 86.0 Å². The van der Waals surface area contributed by atoms with Crippen LogP contribution in [-0.4, -0.2) is 157 Å². The molecule has 0 amide bonds. The SMILES string of the molecule is Cc1cc(Cc2nc(Cc3ccc(N=Nc4ccc(N=Nc5ccccc5)cc4S(=O)(=O)O)c(C)c3)nc(N3CC(C)N(c4nc(Nc5ccc(N=Nc6ccc(N=Nc7ccc(S(=O)(=O)O)cc7)cc6)c(C)c5)nc(Nc5ccc(N=Nc6ccc(N=Nc7ccccc7)cc6S(=O)(=O)O)c(C)c5)n4)CC3C)n2)ccc1N=Nc1ccc(N=Nc2ccc(S(=O)(=O)O)cc2)cc1.O=S(=O)=O.O=S(=O)=O.O=S(=O)=O.O=S(=O)=O. The number of azo groups is 8. The third-order valence-electron chi connectivity index (χ3n) is 20.1. The second-order valence-corrected chi connectivity index (χ2v) is 38.2. The van der Waals surface area contributed by atoms with Crippen LogP contribution in [0.3, 0.4) is 0 Å². The van der Waals surface area contributed by atoms with E-state index in [0.29, 0.717) is 127 Å². The monoisotopic (exact) mass is 2160 g/mol. The standard InChI is InChI=1S/C90H78N26O12S4.4O3S/c1-55-45-61(17-39-77(55)109-105-67-23-19-65(20-24-67)101-103-69-27-35-75(36-28-69)129(117,118)119)49-85-93-86(50-62-18-40-78(56(2)46-62)111-113-81-43-33-73(51-83(81)131(123,124)125)107-99-63-13-9-7-10-14-63)95-89(94-85)115-53-60(6)116(54-59(115)5)90-97-87(91-71-31-41-79(57(3)47-71)110-106-68-25-21-66(22-26-68)102-104-70-29-37-76(38-30-70)130(120,121)122)96-88(98-90)92-72-32-42-80(58(4)48-72)112-114-82-44-34-74(52-84(82)132(126,127)128)108-100-64-15-11-8-12-16-64;4*1-4(2)3/h7-48,51-52,59-60H,49-50,53-54H2,1-6H3,(H,117,118,119)(H,120,121,122)(H,123,124,125)(H,126,127,128)(H2,91,92,96,97,98);;;;. The molecule has 6 N–H and O–H groups in total. The molecule has 0 aliphatic carbocycles. The van der Waals surface area contributed by atoms with Crippen molar-refractivity contribution >= 4 is 209 Å². The summed E-state index contributed by atoms with van der Waals surface area (Å²) in [6.07, 6.45) is 0.504. The predicted molar refractivity (Wildman–Crippen MR) is 533 cm³/mol. The molecule has 0 bridgehead atoms. The number of hydrogen-bond acceptors (Lipinski definition) is 46. The van der Waals surface area contributed by atoms with Gasteiger partial charge in [0, 0.05) is 49.4 Å². The predicted octanol–water partition coefficient (Wildman–Crippen LogP) is 20.4. The van der Waals surface area contributed by atoms with E-state index >= 15 is 0 Å². The molecule has 14 aromatic rings. The van der Waals surface area contributed by atoms with E-state index in [9.17, 15) is 51.9 Å². The van der Waals surface area contributed by atoms with Crippen LogP contribution in [0.4, 0.5) is 126 Å². The van der Waals surface area contributed by atoms with Crippen molar-refractivity contribution in [1.29, 1.82) is 0 Å². The average molecular weight is 2160 g/mol. The van der Waals surface area contributed by atoms with Crippen molar-refractivity contribution in [3.05, 3.63) is 312 Å². The first kappa shape index (κ1) is 111. The van der Waals surface area contributed by atoms with Crippen LogP contribution in [0.15, 0.2) is 368 Å². The van der Waals surface area contributed by atoms with Crippen LogP contribution in [0, 0.1) is 27.7 Å². The smallest absolute Gasteiger partial charge is 0.334 e. The van der Waals surface area contributed by atoms with Crippen LogP contribution in [0.5, 0.6) is 0 Å². The second-order valence-electron chi connectivity index (χ2n) is 30.9. The maximum absolute atomic E-state index is 12.7. The van der Waals surface area contributed by atoms with Crippen molar-refractivity contribution in [1.82, 2.24) is 29.9 Å². The highest BCUT2D eigenvalue weighted by molar-refractivity contribution is 7.86. The highest BCUT2D eigenvalue weighted by atomic mass is 32.2. The van der Waals surface area contributed by atoms with E-state index in [1.807, 2.05) is 83.1 Å². The van der Waals surface area contributed by atoms with Gasteiger partial charge in [-0.25, -0.2) is 4.98 Å². The van der Waals surface area contributed by atoms with Crippen LogP contribution < -0.4 is 20.4 Å². The van der Waals surface area contributed by atoms with Crippen LogP contribution in [0.2, 0.25) is 0 Å². The van der Waals surface area contributed by atoms with Gasteiger partial charge in [-0.2, -0.15) is 130 Å². The van der Waals surface area contributed by atoms with Crippen molar-refractivity contribution in [3.8, 4) is 0 Å². The number of piperazine rings is 1. The Morgan fingerprint density at radius 2 is 0.520 bits per heavy atom. The number of benzene rings is 12. The van der Waals surface area contributed by atoms with Gasteiger partial charge < -0.3 is 20.4 Å². The minimum Gasteiger partial charge on any atom is -0.334 e. The lowest BCUT2D eigenvalue weighted by Crippen LogP contribution is -2.57. The van der Waals surface area contributed by atoms with Gasteiger partial charge in [0.05, 0.1) is 89.4 Å². The Morgan fingerprint density at radius 1 is 0.277 bits per heavy atom. The molecular formula is C90H78N26O24S8. The fourth-order valence-corrected chi connectivity index (χ4v) is 15.6. The van der Waals surface area contributed by atoms with Gasteiger partial charge in [0.1, 0.15) is 32.8 Å². The molecule has 3 heterocycles. The summed E-state index contributed by atoms with van der Waals surface area (Å²) in [7, 11) is -30.8. The van der Waals surface area contributed by atoms with Crippen molar-refractivity contribution in [2.75, 3.05) is 33.5 Å². The topological polar surface area (TPSA) is 728 Å². The summed E-state index contributed by atoms with van der Waals surface area (Å²) in [6.45, 7) is 12.2. The zero-order valence-electron chi connectivity index (χ0n) is 77.3. The molecule has 0 spiro atoms. The first-order valence-corrected chi connectivity index (χ1v) is 52.0. The molecule has 2 aromatic heterocycles. The summed E-state index contributed by atoms with van der Waals surface area (Å²) < 4.78 is 238. The van der Waals surface area contributed by atoms with Crippen molar-refractivity contribution in [3.63, 3.8) is 0 Å². The summed E-state index contributed by atoms with van der Waals surface area (Å²) in [5.74, 6) is 1.93. The largest absolute Gasteiger partial charge is 0.425 e. The summed E-state index contributed by atoms with van der Waals surface area (Å²) in [4.78, 5) is 33.1. The van der Waals surface area contributed by atoms with Gasteiger partial charge in [-0.3, -0.25) is 18.2 Å². The maximum atomic E-state index is 12.7.